The molecule has 3 N–H and O–H groups in total. The Morgan fingerprint density at radius 3 is 2.79 bits per heavy atom. The van der Waals surface area contributed by atoms with Crippen molar-refractivity contribution in [2.45, 2.75) is 0 Å². The molecule has 0 unspecified atom stereocenters. The number of methoxy groups -OCH3 is 1. The minimum Gasteiger partial charge on any atom is -0.495 e. The number of hydrogen-bond donors (Lipinski definition) is 2. The van der Waals surface area contributed by atoms with Crippen LogP contribution < -0.4 is 16.0 Å². The molecule has 0 amide bonds. The molecule has 0 radical (unpaired) electrons. The van der Waals surface area contributed by atoms with Crippen LogP contribution in [-0.4, -0.2) is 22.3 Å². The molecule has 2 aromatic rings. The van der Waals surface area contributed by atoms with Crippen LogP contribution in [0.2, 0.25) is 5.02 Å². The zero-order chi connectivity index (χ0) is 14.0. The highest BCUT2D eigenvalue weighted by Gasteiger charge is 2.09. The molecule has 0 saturated carbocycles. The molecule has 0 bridgehead atoms. The van der Waals surface area contributed by atoms with Gasteiger partial charge in [0.25, 0.3) is 5.56 Å². The lowest BCUT2D eigenvalue weighted by Gasteiger charge is -2.06. The van der Waals surface area contributed by atoms with E-state index < -0.39 is 5.56 Å². The van der Waals surface area contributed by atoms with Gasteiger partial charge in [0.2, 0.25) is 0 Å². The number of nitrogens with two attached hydrogens (primary N) is 1. The Hall–Kier alpha value is -1.92. The highest BCUT2D eigenvalue weighted by molar-refractivity contribution is 7.80. The van der Waals surface area contributed by atoms with Gasteiger partial charge in [-0.25, -0.2) is 5.10 Å². The van der Waals surface area contributed by atoms with Crippen molar-refractivity contribution in [1.29, 1.82) is 0 Å². The second-order valence-corrected chi connectivity index (χ2v) is 4.56. The number of aromatic amines is 1. The van der Waals surface area contributed by atoms with Gasteiger partial charge in [0.1, 0.15) is 10.7 Å². The van der Waals surface area contributed by atoms with Gasteiger partial charge in [-0.3, -0.25) is 4.79 Å². The standard InChI is InChI=1S/C12H10ClN3O2S/c1-18-10-3-2-6(4-8(10)13)9-5-7(11(14)19)12(17)16-15-9/h2-5H,1H3,(H2,14,19)(H,16,17). The first kappa shape index (κ1) is 13.5. The lowest BCUT2D eigenvalue weighted by Crippen LogP contribution is -2.23. The second-order valence-electron chi connectivity index (χ2n) is 3.71. The molecule has 0 saturated heterocycles. The summed E-state index contributed by atoms with van der Waals surface area (Å²) in [5.41, 5.74) is 6.51. The third-order valence-electron chi connectivity index (χ3n) is 2.52. The molecule has 1 aromatic heterocycles. The molecule has 19 heavy (non-hydrogen) atoms. The lowest BCUT2D eigenvalue weighted by molar-refractivity contribution is 0.415. The van der Waals surface area contributed by atoms with Crippen LogP contribution in [0.25, 0.3) is 11.3 Å². The highest BCUT2D eigenvalue weighted by atomic mass is 35.5. The largest absolute Gasteiger partial charge is 0.495 e. The minimum atomic E-state index is -0.421. The maximum Gasteiger partial charge on any atom is 0.274 e. The lowest BCUT2D eigenvalue weighted by atomic mass is 10.1. The Kier molecular flexibility index (Phi) is 3.82. The predicted molar refractivity (Wildman–Crippen MR) is 77.7 cm³/mol. The number of benzene rings is 1. The van der Waals surface area contributed by atoms with Crippen molar-refractivity contribution < 1.29 is 4.74 Å². The molecule has 0 atom stereocenters. The first-order chi connectivity index (χ1) is 9.02. The topological polar surface area (TPSA) is 81.0 Å². The smallest absolute Gasteiger partial charge is 0.274 e. The number of aromatic nitrogens is 2. The molecule has 0 aliphatic carbocycles. The SMILES string of the molecule is COc1ccc(-c2cc(C(N)=S)c(=O)[nH]n2)cc1Cl. The molecule has 1 heterocycles. The van der Waals surface area contributed by atoms with E-state index in [2.05, 4.69) is 10.2 Å². The quantitative estimate of drug-likeness (QED) is 0.843. The Labute approximate surface area is 119 Å². The van der Waals surface area contributed by atoms with E-state index >= 15 is 0 Å². The number of H-pyrrole nitrogens is 1. The number of nitrogens with zero attached hydrogens (tertiary/aromatic N) is 1. The van der Waals surface area contributed by atoms with Gasteiger partial charge in [-0.05, 0) is 24.3 Å². The van der Waals surface area contributed by atoms with Gasteiger partial charge in [-0.1, -0.05) is 23.8 Å². The van der Waals surface area contributed by atoms with Crippen molar-refractivity contribution in [2.75, 3.05) is 7.11 Å². The normalized spacial score (nSPS) is 10.2. The summed E-state index contributed by atoms with van der Waals surface area (Å²) < 4.78 is 5.07. The van der Waals surface area contributed by atoms with E-state index in [0.29, 0.717) is 16.5 Å². The van der Waals surface area contributed by atoms with Crippen molar-refractivity contribution in [3.8, 4) is 17.0 Å². The molecular formula is C12H10ClN3O2S. The minimum absolute atomic E-state index is 0.0181. The van der Waals surface area contributed by atoms with Crippen molar-refractivity contribution in [1.82, 2.24) is 10.2 Å². The van der Waals surface area contributed by atoms with Gasteiger partial charge >= 0.3 is 0 Å². The zero-order valence-corrected chi connectivity index (χ0v) is 11.5. The summed E-state index contributed by atoms with van der Waals surface area (Å²) in [6.45, 7) is 0. The second kappa shape index (κ2) is 5.38. The average molecular weight is 296 g/mol. The molecule has 0 aliphatic heterocycles. The van der Waals surface area contributed by atoms with Crippen LogP contribution in [0.1, 0.15) is 5.56 Å². The number of ether oxygens (including phenoxy) is 1. The number of thiocarbonyl (C=S) groups is 1. The van der Waals surface area contributed by atoms with Crippen LogP contribution in [0.3, 0.4) is 0 Å². The third-order valence-corrected chi connectivity index (χ3v) is 3.03. The molecule has 0 fully saturated rings. The maximum absolute atomic E-state index is 11.5. The van der Waals surface area contributed by atoms with Crippen molar-refractivity contribution in [3.63, 3.8) is 0 Å². The highest BCUT2D eigenvalue weighted by Crippen LogP contribution is 2.29. The summed E-state index contributed by atoms with van der Waals surface area (Å²) in [6, 6.07) is 6.70. The van der Waals surface area contributed by atoms with Gasteiger partial charge < -0.3 is 10.5 Å². The van der Waals surface area contributed by atoms with Crippen LogP contribution in [0, 0.1) is 0 Å². The molecule has 0 spiro atoms. The average Bonchev–Trinajstić information content (AvgIpc) is 2.38. The van der Waals surface area contributed by atoms with E-state index in [4.69, 9.17) is 34.3 Å². The Balaban J connectivity index is 2.53. The van der Waals surface area contributed by atoms with E-state index in [-0.39, 0.29) is 10.6 Å². The fourth-order valence-corrected chi connectivity index (χ4v) is 1.97. The predicted octanol–water partition coefficient (Wildman–Crippen LogP) is 1.73. The number of halogens is 1. The molecule has 5 nitrogen and oxygen atoms in total. The Bertz CT molecular complexity index is 700. The number of nitrogens with one attached hydrogen (secondary N) is 1. The molecule has 98 valence electrons. The Morgan fingerprint density at radius 1 is 1.47 bits per heavy atom. The van der Waals surface area contributed by atoms with Crippen LogP contribution in [-0.2, 0) is 0 Å². The zero-order valence-electron chi connectivity index (χ0n) is 9.94. The summed E-state index contributed by atoms with van der Waals surface area (Å²) in [4.78, 5) is 11.5. The van der Waals surface area contributed by atoms with Gasteiger partial charge in [0.05, 0.1) is 23.4 Å². The van der Waals surface area contributed by atoms with Gasteiger partial charge in [0, 0.05) is 5.56 Å². The van der Waals surface area contributed by atoms with E-state index in [1.165, 1.54) is 13.2 Å². The van der Waals surface area contributed by atoms with Crippen molar-refractivity contribution in [3.05, 3.63) is 45.2 Å². The summed E-state index contributed by atoms with van der Waals surface area (Å²) in [5.74, 6) is 0.560. The fraction of sp³-hybridized carbons (Fsp3) is 0.0833. The maximum atomic E-state index is 11.5. The van der Waals surface area contributed by atoms with Crippen LogP contribution in [0.4, 0.5) is 0 Å². The van der Waals surface area contributed by atoms with Gasteiger partial charge in [-0.2, -0.15) is 5.10 Å². The molecule has 7 heteroatoms. The fourth-order valence-electron chi connectivity index (χ4n) is 1.56. The number of hydrogen-bond acceptors (Lipinski definition) is 4. The van der Waals surface area contributed by atoms with E-state index in [9.17, 15) is 4.79 Å². The van der Waals surface area contributed by atoms with Gasteiger partial charge in [0.15, 0.2) is 0 Å². The first-order valence-electron chi connectivity index (χ1n) is 5.26. The van der Waals surface area contributed by atoms with Crippen LogP contribution in [0.15, 0.2) is 29.1 Å². The summed E-state index contributed by atoms with van der Waals surface area (Å²) >= 11 is 10.8. The van der Waals surface area contributed by atoms with Crippen LogP contribution >= 0.6 is 23.8 Å². The van der Waals surface area contributed by atoms with E-state index in [1.54, 1.807) is 18.2 Å². The van der Waals surface area contributed by atoms with E-state index in [1.807, 2.05) is 0 Å². The number of rotatable bonds is 3. The Morgan fingerprint density at radius 2 is 2.21 bits per heavy atom. The van der Waals surface area contributed by atoms with Crippen molar-refractivity contribution in [2.24, 2.45) is 5.73 Å². The summed E-state index contributed by atoms with van der Waals surface area (Å²) in [7, 11) is 1.53. The summed E-state index contributed by atoms with van der Waals surface area (Å²) in [6.07, 6.45) is 0. The van der Waals surface area contributed by atoms with Crippen molar-refractivity contribution >= 4 is 28.8 Å². The molecular weight excluding hydrogens is 286 g/mol. The molecule has 1 aromatic carbocycles. The summed E-state index contributed by atoms with van der Waals surface area (Å²) in [5, 5.41) is 6.73. The van der Waals surface area contributed by atoms with Gasteiger partial charge in [-0.15, -0.1) is 0 Å². The van der Waals surface area contributed by atoms with Crippen LogP contribution in [0.5, 0.6) is 5.75 Å². The first-order valence-corrected chi connectivity index (χ1v) is 6.05. The third kappa shape index (κ3) is 2.74. The van der Waals surface area contributed by atoms with E-state index in [0.717, 1.165) is 5.56 Å². The monoisotopic (exact) mass is 295 g/mol. The molecule has 2 rings (SSSR count). The molecule has 0 aliphatic rings.